The lowest BCUT2D eigenvalue weighted by atomic mass is 10.0. The van der Waals surface area contributed by atoms with Crippen molar-refractivity contribution in [2.45, 2.75) is 32.4 Å². The van der Waals surface area contributed by atoms with Crippen LogP contribution < -0.4 is 5.32 Å². The van der Waals surface area contributed by atoms with Crippen molar-refractivity contribution in [2.24, 2.45) is 0 Å². The fraction of sp³-hybridized carbons (Fsp3) is 0.294. The average Bonchev–Trinajstić information content (AvgIpc) is 2.41. The van der Waals surface area contributed by atoms with Crippen LogP contribution in [0.2, 0.25) is 0 Å². The van der Waals surface area contributed by atoms with Crippen LogP contribution in [0.4, 0.5) is 4.39 Å². The predicted molar refractivity (Wildman–Crippen MR) is 93.0 cm³/mol. The summed E-state index contributed by atoms with van der Waals surface area (Å²) in [5, 5.41) is 3.56. The van der Waals surface area contributed by atoms with Gasteiger partial charge in [-0.25, -0.2) is 4.39 Å². The lowest BCUT2D eigenvalue weighted by Gasteiger charge is -2.21. The highest BCUT2D eigenvalue weighted by molar-refractivity contribution is 9.10. The SMILES string of the molecule is CC(Cc1ccc(Br)cc1)NC(C)c1ccc(F)cc1Br. The number of halogens is 3. The molecule has 2 aromatic carbocycles. The van der Waals surface area contributed by atoms with Crippen molar-refractivity contribution < 1.29 is 4.39 Å². The second-order valence-electron chi connectivity index (χ2n) is 5.29. The van der Waals surface area contributed by atoms with Gasteiger partial charge in [-0.1, -0.05) is 50.1 Å². The average molecular weight is 415 g/mol. The molecule has 0 aromatic heterocycles. The van der Waals surface area contributed by atoms with E-state index in [1.54, 1.807) is 0 Å². The second kappa shape index (κ2) is 7.52. The third-order valence-electron chi connectivity index (χ3n) is 3.42. The summed E-state index contributed by atoms with van der Waals surface area (Å²) in [5.41, 5.74) is 2.36. The molecule has 0 amide bonds. The summed E-state index contributed by atoms with van der Waals surface area (Å²) in [6.07, 6.45) is 0.955. The third-order valence-corrected chi connectivity index (χ3v) is 4.63. The van der Waals surface area contributed by atoms with Crippen LogP contribution in [0.5, 0.6) is 0 Å². The van der Waals surface area contributed by atoms with Gasteiger partial charge in [0.15, 0.2) is 0 Å². The summed E-state index contributed by atoms with van der Waals surface area (Å²) in [5.74, 6) is -0.222. The van der Waals surface area contributed by atoms with Gasteiger partial charge in [-0.2, -0.15) is 0 Å². The first-order valence-electron chi connectivity index (χ1n) is 6.91. The number of hydrogen-bond donors (Lipinski definition) is 1. The molecule has 2 atom stereocenters. The molecule has 1 N–H and O–H groups in total. The smallest absolute Gasteiger partial charge is 0.124 e. The van der Waals surface area contributed by atoms with Gasteiger partial charge in [-0.3, -0.25) is 0 Å². The molecule has 0 fully saturated rings. The van der Waals surface area contributed by atoms with Gasteiger partial charge in [0, 0.05) is 21.0 Å². The molecule has 0 spiro atoms. The Balaban J connectivity index is 1.98. The first-order valence-corrected chi connectivity index (χ1v) is 8.49. The highest BCUT2D eigenvalue weighted by Crippen LogP contribution is 2.24. The van der Waals surface area contributed by atoms with Gasteiger partial charge < -0.3 is 5.32 Å². The standard InChI is InChI=1S/C17H18Br2FN/c1-11(9-13-3-5-14(18)6-4-13)21-12(2)16-8-7-15(20)10-17(16)19/h3-8,10-12,21H,9H2,1-2H3. The van der Waals surface area contributed by atoms with E-state index in [9.17, 15) is 4.39 Å². The van der Waals surface area contributed by atoms with Crippen molar-refractivity contribution >= 4 is 31.9 Å². The zero-order chi connectivity index (χ0) is 15.4. The predicted octanol–water partition coefficient (Wildman–Crippen LogP) is 5.63. The van der Waals surface area contributed by atoms with Gasteiger partial charge >= 0.3 is 0 Å². The van der Waals surface area contributed by atoms with Crippen molar-refractivity contribution in [3.8, 4) is 0 Å². The number of benzene rings is 2. The highest BCUT2D eigenvalue weighted by atomic mass is 79.9. The molecule has 0 aliphatic heterocycles. The van der Waals surface area contributed by atoms with E-state index < -0.39 is 0 Å². The molecule has 2 aromatic rings. The van der Waals surface area contributed by atoms with Crippen LogP contribution in [-0.2, 0) is 6.42 Å². The number of hydrogen-bond acceptors (Lipinski definition) is 1. The van der Waals surface area contributed by atoms with E-state index in [1.165, 1.54) is 17.7 Å². The number of rotatable bonds is 5. The van der Waals surface area contributed by atoms with E-state index in [4.69, 9.17) is 0 Å². The Hall–Kier alpha value is -0.710. The first-order chi connectivity index (χ1) is 9.95. The van der Waals surface area contributed by atoms with E-state index in [2.05, 4.69) is 75.3 Å². The Morgan fingerprint density at radius 3 is 2.33 bits per heavy atom. The van der Waals surface area contributed by atoms with E-state index in [0.717, 1.165) is 20.9 Å². The summed E-state index contributed by atoms with van der Waals surface area (Å²) in [6.45, 7) is 4.26. The molecule has 21 heavy (non-hydrogen) atoms. The Morgan fingerprint density at radius 2 is 1.71 bits per heavy atom. The van der Waals surface area contributed by atoms with E-state index >= 15 is 0 Å². The molecule has 0 radical (unpaired) electrons. The lowest BCUT2D eigenvalue weighted by Crippen LogP contribution is -2.30. The van der Waals surface area contributed by atoms with Crippen LogP contribution in [0.15, 0.2) is 51.4 Å². The molecule has 4 heteroatoms. The van der Waals surface area contributed by atoms with Crippen LogP contribution in [0.1, 0.15) is 31.0 Å². The fourth-order valence-electron chi connectivity index (χ4n) is 2.40. The number of nitrogens with one attached hydrogen (secondary N) is 1. The zero-order valence-corrected chi connectivity index (χ0v) is 15.2. The Morgan fingerprint density at radius 1 is 1.05 bits per heavy atom. The maximum Gasteiger partial charge on any atom is 0.124 e. The molecule has 2 rings (SSSR count). The second-order valence-corrected chi connectivity index (χ2v) is 7.06. The van der Waals surface area contributed by atoms with Crippen LogP contribution in [-0.4, -0.2) is 6.04 Å². The lowest BCUT2D eigenvalue weighted by molar-refractivity contribution is 0.475. The normalized spacial score (nSPS) is 14.0. The van der Waals surface area contributed by atoms with E-state index in [0.29, 0.717) is 6.04 Å². The Bertz CT molecular complexity index is 598. The van der Waals surface area contributed by atoms with E-state index in [1.807, 2.05) is 6.07 Å². The van der Waals surface area contributed by atoms with Crippen LogP contribution in [0.3, 0.4) is 0 Å². The fourth-order valence-corrected chi connectivity index (χ4v) is 3.36. The topological polar surface area (TPSA) is 12.0 Å². The summed E-state index contributed by atoms with van der Waals surface area (Å²) in [6, 6.07) is 13.7. The minimum absolute atomic E-state index is 0.158. The van der Waals surface area contributed by atoms with Crippen molar-refractivity contribution in [3.05, 3.63) is 68.4 Å². The van der Waals surface area contributed by atoms with Gasteiger partial charge in [-0.05, 0) is 55.7 Å². The van der Waals surface area contributed by atoms with Crippen molar-refractivity contribution in [1.82, 2.24) is 5.32 Å². The minimum Gasteiger partial charge on any atom is -0.307 e. The van der Waals surface area contributed by atoms with Gasteiger partial charge in [0.1, 0.15) is 5.82 Å². The van der Waals surface area contributed by atoms with Gasteiger partial charge in [0.2, 0.25) is 0 Å². The Kier molecular flexibility index (Phi) is 5.97. The van der Waals surface area contributed by atoms with Crippen molar-refractivity contribution in [2.75, 3.05) is 0 Å². The highest BCUT2D eigenvalue weighted by Gasteiger charge is 2.13. The molecule has 1 nitrogen and oxygen atoms in total. The maximum absolute atomic E-state index is 13.1. The molecule has 0 heterocycles. The van der Waals surface area contributed by atoms with Crippen LogP contribution >= 0.6 is 31.9 Å². The molecule has 0 aliphatic rings. The van der Waals surface area contributed by atoms with Gasteiger partial charge in [0.05, 0.1) is 0 Å². The summed E-state index contributed by atoms with van der Waals surface area (Å²) >= 11 is 6.87. The first kappa shape index (κ1) is 16.7. The maximum atomic E-state index is 13.1. The molecule has 0 saturated carbocycles. The summed E-state index contributed by atoms with van der Waals surface area (Å²) in [7, 11) is 0. The minimum atomic E-state index is -0.222. The molecule has 0 bridgehead atoms. The quantitative estimate of drug-likeness (QED) is 0.668. The largest absolute Gasteiger partial charge is 0.307 e. The van der Waals surface area contributed by atoms with E-state index in [-0.39, 0.29) is 11.9 Å². The molecule has 0 saturated heterocycles. The van der Waals surface area contributed by atoms with Gasteiger partial charge in [-0.15, -0.1) is 0 Å². The third kappa shape index (κ3) is 4.90. The molecular weight excluding hydrogens is 397 g/mol. The van der Waals surface area contributed by atoms with Crippen molar-refractivity contribution in [3.63, 3.8) is 0 Å². The zero-order valence-electron chi connectivity index (χ0n) is 12.0. The van der Waals surface area contributed by atoms with Crippen LogP contribution in [0, 0.1) is 5.82 Å². The molecule has 112 valence electrons. The van der Waals surface area contributed by atoms with Crippen molar-refractivity contribution in [1.29, 1.82) is 0 Å². The molecule has 0 aliphatic carbocycles. The monoisotopic (exact) mass is 413 g/mol. The summed E-state index contributed by atoms with van der Waals surface area (Å²) in [4.78, 5) is 0. The molecular formula is C17H18Br2FN. The summed E-state index contributed by atoms with van der Waals surface area (Å²) < 4.78 is 15.0. The van der Waals surface area contributed by atoms with Gasteiger partial charge in [0.25, 0.3) is 0 Å². The molecule has 2 unspecified atom stereocenters. The Labute approximate surface area is 142 Å². The van der Waals surface area contributed by atoms with Crippen LogP contribution in [0.25, 0.3) is 0 Å².